The first-order valence-electron chi connectivity index (χ1n) is 11.4. The van der Waals surface area contributed by atoms with E-state index in [4.69, 9.17) is 20.2 Å². The lowest BCUT2D eigenvalue weighted by Crippen LogP contribution is -2.59. The zero-order valence-electron chi connectivity index (χ0n) is 17.4. The van der Waals surface area contributed by atoms with Crippen LogP contribution in [0.3, 0.4) is 0 Å². The third-order valence-electron chi connectivity index (χ3n) is 7.93. The lowest BCUT2D eigenvalue weighted by Gasteiger charge is -2.57. The topological polar surface area (TPSA) is 82.8 Å². The summed E-state index contributed by atoms with van der Waals surface area (Å²) in [7, 11) is 0. The van der Waals surface area contributed by atoms with Gasteiger partial charge in [0.05, 0.1) is 0 Å². The molecule has 0 aromatic carbocycles. The number of amides is 1. The number of ether oxygens (including phenoxy) is 1. The van der Waals surface area contributed by atoms with Crippen molar-refractivity contribution >= 4 is 5.91 Å². The van der Waals surface area contributed by atoms with Gasteiger partial charge in [0.2, 0.25) is 17.5 Å². The van der Waals surface area contributed by atoms with E-state index in [2.05, 4.69) is 5.32 Å². The zero-order chi connectivity index (χ0) is 19.6. The van der Waals surface area contributed by atoms with E-state index in [-0.39, 0.29) is 17.4 Å². The lowest BCUT2D eigenvalue weighted by atomic mass is 9.53. The highest BCUT2D eigenvalue weighted by Gasteiger charge is 2.66. The summed E-state index contributed by atoms with van der Waals surface area (Å²) in [6.07, 6.45) is 10.5. The molecule has 6 fully saturated rings. The van der Waals surface area contributed by atoms with Crippen molar-refractivity contribution in [1.29, 1.82) is 0 Å². The van der Waals surface area contributed by atoms with Crippen LogP contribution in [0.15, 0.2) is 0 Å². The smallest absolute Gasteiger partial charge is 0.220 e. The molecular formula is C22H36N2O4. The fourth-order valence-electron chi connectivity index (χ4n) is 6.92. The Labute approximate surface area is 168 Å². The van der Waals surface area contributed by atoms with Crippen molar-refractivity contribution in [2.24, 2.45) is 35.3 Å². The van der Waals surface area contributed by atoms with Crippen LogP contribution in [0, 0.1) is 29.6 Å². The molecule has 1 unspecified atom stereocenters. The highest BCUT2D eigenvalue weighted by Crippen LogP contribution is 2.64. The Bertz CT molecular complexity index is 603. The van der Waals surface area contributed by atoms with Crippen LogP contribution >= 0.6 is 0 Å². The van der Waals surface area contributed by atoms with E-state index in [9.17, 15) is 4.79 Å². The number of rotatable bonds is 4. The molecule has 5 saturated carbocycles. The van der Waals surface area contributed by atoms with E-state index in [1.165, 1.54) is 32.1 Å². The van der Waals surface area contributed by atoms with Gasteiger partial charge >= 0.3 is 0 Å². The van der Waals surface area contributed by atoms with E-state index in [0.29, 0.717) is 24.8 Å². The highest BCUT2D eigenvalue weighted by molar-refractivity contribution is 5.76. The number of carbonyl (C=O) groups excluding carboxylic acids is 1. The van der Waals surface area contributed by atoms with Gasteiger partial charge in [-0.1, -0.05) is 0 Å². The van der Waals surface area contributed by atoms with Crippen molar-refractivity contribution in [3.8, 4) is 0 Å². The highest BCUT2D eigenvalue weighted by atomic mass is 17.3. The Hall–Kier alpha value is -0.690. The van der Waals surface area contributed by atoms with Gasteiger partial charge in [-0.05, 0) is 76.5 Å². The maximum absolute atomic E-state index is 12.4. The van der Waals surface area contributed by atoms with Gasteiger partial charge in [0.25, 0.3) is 0 Å². The van der Waals surface area contributed by atoms with Crippen LogP contribution < -0.4 is 11.1 Å². The molecule has 28 heavy (non-hydrogen) atoms. The molecule has 2 spiro atoms. The number of carbonyl (C=O) groups is 1. The minimum atomic E-state index is -0.647. The van der Waals surface area contributed by atoms with Crippen LogP contribution in [0.5, 0.6) is 0 Å². The van der Waals surface area contributed by atoms with E-state index in [1.807, 2.05) is 13.8 Å². The Balaban J connectivity index is 1.23. The summed E-state index contributed by atoms with van der Waals surface area (Å²) >= 11 is 0. The van der Waals surface area contributed by atoms with Gasteiger partial charge in [-0.15, -0.1) is 0 Å². The molecule has 6 rings (SSSR count). The third kappa shape index (κ3) is 3.40. The second-order valence-electron chi connectivity index (χ2n) is 11.1. The molecule has 3 N–H and O–H groups in total. The molecule has 4 bridgehead atoms. The molecule has 158 valence electrons. The molecule has 1 aliphatic heterocycles. The second kappa shape index (κ2) is 6.66. The molecule has 2 atom stereocenters. The van der Waals surface area contributed by atoms with Gasteiger partial charge in [0.1, 0.15) is 0 Å². The Morgan fingerprint density at radius 3 is 2.43 bits per heavy atom. The lowest BCUT2D eigenvalue weighted by molar-refractivity contribution is -0.390. The molecule has 1 heterocycles. The summed E-state index contributed by atoms with van der Waals surface area (Å²) in [6.45, 7) is 4.34. The van der Waals surface area contributed by atoms with Crippen molar-refractivity contribution in [2.75, 3.05) is 6.54 Å². The van der Waals surface area contributed by atoms with E-state index in [0.717, 1.165) is 37.5 Å². The van der Waals surface area contributed by atoms with Gasteiger partial charge in [0, 0.05) is 43.2 Å². The average Bonchev–Trinajstić information content (AvgIpc) is 2.97. The predicted octanol–water partition coefficient (Wildman–Crippen LogP) is 3.25. The van der Waals surface area contributed by atoms with Crippen LogP contribution in [-0.2, 0) is 19.3 Å². The fourth-order valence-corrected chi connectivity index (χ4v) is 6.92. The number of nitrogens with one attached hydrogen (secondary N) is 1. The largest absolute Gasteiger partial charge is 0.354 e. The first-order chi connectivity index (χ1) is 13.3. The van der Waals surface area contributed by atoms with E-state index >= 15 is 0 Å². The number of nitrogens with two attached hydrogens (primary N) is 1. The normalized spacial score (nSPS) is 47.2. The molecule has 5 aliphatic carbocycles. The van der Waals surface area contributed by atoms with Gasteiger partial charge in [-0.2, -0.15) is 9.78 Å². The summed E-state index contributed by atoms with van der Waals surface area (Å²) in [6, 6.07) is 0. The molecule has 1 saturated heterocycles. The first kappa shape index (κ1) is 19.3. The maximum Gasteiger partial charge on any atom is 0.220 e. The van der Waals surface area contributed by atoms with Crippen molar-refractivity contribution in [2.45, 2.75) is 95.2 Å². The Morgan fingerprint density at radius 2 is 1.79 bits per heavy atom. The van der Waals surface area contributed by atoms with Crippen molar-refractivity contribution in [3.05, 3.63) is 0 Å². The first-order valence-corrected chi connectivity index (χ1v) is 11.4. The molecule has 0 aromatic rings. The second-order valence-corrected chi connectivity index (χ2v) is 11.1. The molecule has 1 amide bonds. The molecule has 6 aliphatic rings. The maximum atomic E-state index is 12.4. The average molecular weight is 393 g/mol. The summed E-state index contributed by atoms with van der Waals surface area (Å²) in [5, 5.41) is 2.97. The number of hydrogen-bond acceptors (Lipinski definition) is 5. The van der Waals surface area contributed by atoms with Gasteiger partial charge in [-0.25, -0.2) is 0 Å². The standard InChI is InChI=1S/C22H36N2O4/c1-20(2,23)13-24-19(25)11-14-4-3-5-21(12-14)26-22(28-27-21)17-7-15-6-16(9-17)10-18(22)8-15/h14-18H,3-13,23H2,1-2H3,(H,24,25)/t14?,15?,16?,17?,18?,21-,22?/m1/s1. The number of hydrogen-bond donors (Lipinski definition) is 2. The zero-order valence-corrected chi connectivity index (χ0v) is 17.4. The SMILES string of the molecule is CC(C)(N)CNC(=O)CC1CCC[C@]2(C1)OOC1(O2)C2CC3CC(C2)CC1C3. The van der Waals surface area contributed by atoms with E-state index < -0.39 is 11.6 Å². The molecule has 0 aromatic heterocycles. The monoisotopic (exact) mass is 392 g/mol. The predicted molar refractivity (Wildman–Crippen MR) is 104 cm³/mol. The minimum absolute atomic E-state index is 0.0730. The molecular weight excluding hydrogens is 356 g/mol. The third-order valence-corrected chi connectivity index (χ3v) is 7.93. The summed E-state index contributed by atoms with van der Waals surface area (Å²) < 4.78 is 6.78. The minimum Gasteiger partial charge on any atom is -0.354 e. The van der Waals surface area contributed by atoms with Crippen molar-refractivity contribution < 1.29 is 19.3 Å². The molecule has 0 radical (unpaired) electrons. The quantitative estimate of drug-likeness (QED) is 0.718. The van der Waals surface area contributed by atoms with Crippen molar-refractivity contribution in [3.63, 3.8) is 0 Å². The summed E-state index contributed by atoms with van der Waals surface area (Å²) in [5.41, 5.74) is 5.59. The van der Waals surface area contributed by atoms with Gasteiger partial charge in [-0.3, -0.25) is 4.79 Å². The van der Waals surface area contributed by atoms with Gasteiger partial charge in [0.15, 0.2) is 0 Å². The molecule has 6 nitrogen and oxygen atoms in total. The van der Waals surface area contributed by atoms with Crippen LogP contribution in [0.25, 0.3) is 0 Å². The van der Waals surface area contributed by atoms with Crippen LogP contribution in [0.4, 0.5) is 0 Å². The van der Waals surface area contributed by atoms with Crippen molar-refractivity contribution in [1.82, 2.24) is 5.32 Å². The fraction of sp³-hybridized carbons (Fsp3) is 0.955. The van der Waals surface area contributed by atoms with Gasteiger partial charge < -0.3 is 15.8 Å². The van der Waals surface area contributed by atoms with Crippen LogP contribution in [0.2, 0.25) is 0 Å². The summed E-state index contributed by atoms with van der Waals surface area (Å²) in [5.74, 6) is 1.89. The van der Waals surface area contributed by atoms with Crippen LogP contribution in [0.1, 0.15) is 78.1 Å². The summed E-state index contributed by atoms with van der Waals surface area (Å²) in [4.78, 5) is 24.5. The molecule has 6 heteroatoms. The van der Waals surface area contributed by atoms with Crippen LogP contribution in [-0.4, -0.2) is 29.6 Å². The Morgan fingerprint density at radius 1 is 1.11 bits per heavy atom. The Kier molecular flexibility index (Phi) is 4.59. The van der Waals surface area contributed by atoms with E-state index in [1.54, 1.807) is 0 Å².